The van der Waals surface area contributed by atoms with Crippen molar-refractivity contribution in [3.8, 4) is 11.8 Å². The SMILES string of the molecule is CC(C)(C#N)CCCCOc1ccc(N)c2ccccc12. The Kier molecular flexibility index (Phi) is 4.70. The van der Waals surface area contributed by atoms with Gasteiger partial charge in [0.1, 0.15) is 5.75 Å². The van der Waals surface area contributed by atoms with Gasteiger partial charge in [0.15, 0.2) is 0 Å². The molecule has 3 nitrogen and oxygen atoms in total. The van der Waals surface area contributed by atoms with Gasteiger partial charge in [-0.3, -0.25) is 0 Å². The summed E-state index contributed by atoms with van der Waals surface area (Å²) in [4.78, 5) is 0. The van der Waals surface area contributed by atoms with Crippen LogP contribution in [0.4, 0.5) is 5.69 Å². The number of fused-ring (bicyclic) bond motifs is 1. The van der Waals surface area contributed by atoms with E-state index in [-0.39, 0.29) is 5.41 Å². The van der Waals surface area contributed by atoms with Gasteiger partial charge in [0.2, 0.25) is 0 Å². The van der Waals surface area contributed by atoms with Crippen LogP contribution in [0.1, 0.15) is 33.1 Å². The highest BCUT2D eigenvalue weighted by Crippen LogP contribution is 2.30. The Morgan fingerprint density at radius 3 is 2.52 bits per heavy atom. The van der Waals surface area contributed by atoms with Crippen LogP contribution in [-0.2, 0) is 0 Å². The average Bonchev–Trinajstić information content (AvgIpc) is 2.49. The zero-order chi connectivity index (χ0) is 15.3. The number of nitrogens with zero attached hydrogens (tertiary/aromatic N) is 1. The van der Waals surface area contributed by atoms with Crippen molar-refractivity contribution in [2.24, 2.45) is 5.41 Å². The van der Waals surface area contributed by atoms with Gasteiger partial charge in [-0.1, -0.05) is 24.3 Å². The second-order valence-corrected chi connectivity index (χ2v) is 6.00. The van der Waals surface area contributed by atoms with E-state index in [1.165, 1.54) is 0 Å². The molecular formula is C18H22N2O. The molecule has 110 valence electrons. The van der Waals surface area contributed by atoms with Crippen LogP contribution in [0, 0.1) is 16.7 Å². The number of benzene rings is 2. The highest BCUT2D eigenvalue weighted by atomic mass is 16.5. The molecule has 2 aromatic rings. The summed E-state index contributed by atoms with van der Waals surface area (Å²) in [6.07, 6.45) is 2.84. The van der Waals surface area contributed by atoms with Crippen molar-refractivity contribution >= 4 is 16.5 Å². The monoisotopic (exact) mass is 282 g/mol. The van der Waals surface area contributed by atoms with Crippen LogP contribution in [0.15, 0.2) is 36.4 Å². The molecule has 0 aromatic heterocycles. The Hall–Kier alpha value is -2.21. The molecule has 2 N–H and O–H groups in total. The fraction of sp³-hybridized carbons (Fsp3) is 0.389. The van der Waals surface area contributed by atoms with Crippen molar-refractivity contribution in [2.45, 2.75) is 33.1 Å². The van der Waals surface area contributed by atoms with Crippen LogP contribution in [-0.4, -0.2) is 6.61 Å². The van der Waals surface area contributed by atoms with E-state index in [0.29, 0.717) is 6.61 Å². The molecule has 0 aliphatic carbocycles. The number of unbranched alkanes of at least 4 members (excludes halogenated alkanes) is 1. The normalized spacial score (nSPS) is 11.3. The third kappa shape index (κ3) is 3.88. The summed E-state index contributed by atoms with van der Waals surface area (Å²) in [5, 5.41) is 11.1. The standard InChI is InChI=1S/C18H22N2O/c1-18(2,13-19)11-5-6-12-21-17-10-9-16(20)14-7-3-4-8-15(14)17/h3-4,7-10H,5-6,11-12,20H2,1-2H3. The Morgan fingerprint density at radius 1 is 1.10 bits per heavy atom. The number of rotatable bonds is 6. The summed E-state index contributed by atoms with van der Waals surface area (Å²) in [7, 11) is 0. The summed E-state index contributed by atoms with van der Waals surface area (Å²) in [5.41, 5.74) is 6.51. The fourth-order valence-electron chi connectivity index (χ4n) is 2.33. The maximum atomic E-state index is 8.98. The molecule has 3 heteroatoms. The largest absolute Gasteiger partial charge is 0.493 e. The Bertz CT molecular complexity index is 656. The van der Waals surface area contributed by atoms with E-state index >= 15 is 0 Å². The number of hydrogen-bond donors (Lipinski definition) is 1. The van der Waals surface area contributed by atoms with E-state index in [1.807, 2.05) is 50.2 Å². The molecule has 0 bridgehead atoms. The van der Waals surface area contributed by atoms with E-state index < -0.39 is 0 Å². The lowest BCUT2D eigenvalue weighted by atomic mass is 9.89. The van der Waals surface area contributed by atoms with Crippen LogP contribution in [0.5, 0.6) is 5.75 Å². The van der Waals surface area contributed by atoms with Crippen LogP contribution in [0.3, 0.4) is 0 Å². The van der Waals surface area contributed by atoms with Gasteiger partial charge in [-0.05, 0) is 45.2 Å². The minimum Gasteiger partial charge on any atom is -0.493 e. The summed E-state index contributed by atoms with van der Waals surface area (Å²) < 4.78 is 5.88. The van der Waals surface area contributed by atoms with Gasteiger partial charge >= 0.3 is 0 Å². The van der Waals surface area contributed by atoms with Gasteiger partial charge < -0.3 is 10.5 Å². The highest BCUT2D eigenvalue weighted by molar-refractivity contribution is 5.96. The lowest BCUT2D eigenvalue weighted by molar-refractivity contribution is 0.298. The second kappa shape index (κ2) is 6.49. The molecule has 0 radical (unpaired) electrons. The number of hydrogen-bond acceptors (Lipinski definition) is 3. The Balaban J connectivity index is 1.93. The van der Waals surface area contributed by atoms with Gasteiger partial charge in [0.25, 0.3) is 0 Å². The molecule has 0 heterocycles. The summed E-state index contributed by atoms with van der Waals surface area (Å²) >= 11 is 0. The molecule has 0 spiro atoms. The van der Waals surface area contributed by atoms with Crippen molar-refractivity contribution in [2.75, 3.05) is 12.3 Å². The van der Waals surface area contributed by atoms with Crippen molar-refractivity contribution in [3.05, 3.63) is 36.4 Å². The molecule has 2 aromatic carbocycles. The summed E-state index contributed by atoms with van der Waals surface area (Å²) in [6.45, 7) is 4.61. The minimum absolute atomic E-state index is 0.242. The van der Waals surface area contributed by atoms with Crippen LogP contribution >= 0.6 is 0 Å². The maximum Gasteiger partial charge on any atom is 0.127 e. The molecule has 0 atom stereocenters. The molecule has 2 rings (SSSR count). The van der Waals surface area contributed by atoms with Crippen LogP contribution in [0.2, 0.25) is 0 Å². The van der Waals surface area contributed by atoms with Crippen molar-refractivity contribution in [1.29, 1.82) is 5.26 Å². The molecular weight excluding hydrogens is 260 g/mol. The minimum atomic E-state index is -0.242. The third-order valence-corrected chi connectivity index (χ3v) is 3.67. The predicted molar refractivity (Wildman–Crippen MR) is 87.1 cm³/mol. The van der Waals surface area contributed by atoms with Gasteiger partial charge in [-0.25, -0.2) is 0 Å². The second-order valence-electron chi connectivity index (χ2n) is 6.00. The number of nitrogens with two attached hydrogens (primary N) is 1. The van der Waals surface area contributed by atoms with E-state index in [9.17, 15) is 0 Å². The first-order valence-electron chi connectivity index (χ1n) is 7.35. The molecule has 0 saturated heterocycles. The van der Waals surface area contributed by atoms with E-state index in [4.69, 9.17) is 15.7 Å². The maximum absolute atomic E-state index is 8.98. The van der Waals surface area contributed by atoms with Gasteiger partial charge in [0, 0.05) is 16.5 Å². The van der Waals surface area contributed by atoms with Crippen LogP contribution < -0.4 is 10.5 Å². The first-order chi connectivity index (χ1) is 10.0. The first kappa shape index (κ1) is 15.2. The van der Waals surface area contributed by atoms with E-state index in [2.05, 4.69) is 6.07 Å². The molecule has 0 aliphatic rings. The number of nitrogen functional groups attached to an aromatic ring is 1. The highest BCUT2D eigenvalue weighted by Gasteiger charge is 2.15. The predicted octanol–water partition coefficient (Wildman–Crippen LogP) is 4.52. The zero-order valence-corrected chi connectivity index (χ0v) is 12.7. The molecule has 0 fully saturated rings. The average molecular weight is 282 g/mol. The third-order valence-electron chi connectivity index (χ3n) is 3.67. The van der Waals surface area contributed by atoms with Crippen molar-refractivity contribution < 1.29 is 4.74 Å². The first-order valence-corrected chi connectivity index (χ1v) is 7.35. The van der Waals surface area contributed by atoms with E-state index in [1.54, 1.807) is 0 Å². The summed E-state index contributed by atoms with van der Waals surface area (Å²) in [5.74, 6) is 0.874. The molecule has 0 aliphatic heterocycles. The quantitative estimate of drug-likeness (QED) is 0.626. The number of anilines is 1. The van der Waals surface area contributed by atoms with E-state index in [0.717, 1.165) is 41.5 Å². The molecule has 0 amide bonds. The van der Waals surface area contributed by atoms with Gasteiger partial charge in [-0.15, -0.1) is 0 Å². The molecule has 0 unspecified atom stereocenters. The van der Waals surface area contributed by atoms with Crippen molar-refractivity contribution in [1.82, 2.24) is 0 Å². The smallest absolute Gasteiger partial charge is 0.127 e. The Labute approximate surface area is 126 Å². The zero-order valence-electron chi connectivity index (χ0n) is 12.7. The topological polar surface area (TPSA) is 59.0 Å². The lowest BCUT2D eigenvalue weighted by Crippen LogP contribution is -2.08. The Morgan fingerprint density at radius 2 is 1.81 bits per heavy atom. The summed E-state index contributed by atoms with van der Waals surface area (Å²) in [6, 6.07) is 14.1. The van der Waals surface area contributed by atoms with Gasteiger partial charge in [0.05, 0.1) is 18.1 Å². The number of ether oxygens (including phenoxy) is 1. The fourth-order valence-corrected chi connectivity index (χ4v) is 2.33. The van der Waals surface area contributed by atoms with Crippen LogP contribution in [0.25, 0.3) is 10.8 Å². The molecule has 0 saturated carbocycles. The van der Waals surface area contributed by atoms with Crippen molar-refractivity contribution in [3.63, 3.8) is 0 Å². The lowest BCUT2D eigenvalue weighted by Gasteiger charge is -2.15. The molecule has 21 heavy (non-hydrogen) atoms. The van der Waals surface area contributed by atoms with Gasteiger partial charge in [-0.2, -0.15) is 5.26 Å². The number of nitriles is 1.